The molecule has 0 saturated carbocycles. The zero-order chi connectivity index (χ0) is 19.8. The number of rotatable bonds is 3. The number of nitrogens with zero attached hydrogens (tertiary/aromatic N) is 1. The van der Waals surface area contributed by atoms with Crippen LogP contribution in [0, 0.1) is 6.92 Å². The third kappa shape index (κ3) is 4.14. The number of carbonyl (C=O) groups is 1. The van der Waals surface area contributed by atoms with Gasteiger partial charge in [-0.2, -0.15) is 13.2 Å². The molecule has 140 valence electrons. The average molecular weight is 412 g/mol. The Labute approximate surface area is 162 Å². The van der Waals surface area contributed by atoms with Crippen molar-refractivity contribution in [1.29, 1.82) is 0 Å². The van der Waals surface area contributed by atoms with Crippen LogP contribution in [0.5, 0.6) is 0 Å². The molecule has 3 aromatic rings. The Balaban J connectivity index is 1.79. The van der Waals surface area contributed by atoms with Crippen molar-refractivity contribution in [3.63, 3.8) is 0 Å². The Bertz CT molecular complexity index is 1040. The highest BCUT2D eigenvalue weighted by Gasteiger charge is 2.30. The largest absolute Gasteiger partial charge is 0.416 e. The van der Waals surface area contributed by atoms with E-state index in [0.717, 1.165) is 44.8 Å². The smallest absolute Gasteiger partial charge is 0.313 e. The van der Waals surface area contributed by atoms with Crippen LogP contribution >= 0.6 is 22.9 Å². The van der Waals surface area contributed by atoms with Gasteiger partial charge in [-0.25, -0.2) is 4.79 Å². The molecule has 0 spiro atoms. The van der Waals surface area contributed by atoms with E-state index in [4.69, 9.17) is 16.4 Å². The fraction of sp³-hybridized carbons (Fsp3) is 0.158. The van der Waals surface area contributed by atoms with Crippen LogP contribution in [0.1, 0.15) is 33.3 Å². The molecule has 3 nitrogen and oxygen atoms in total. The van der Waals surface area contributed by atoms with Gasteiger partial charge in [0, 0.05) is 9.72 Å². The van der Waals surface area contributed by atoms with Gasteiger partial charge in [0.15, 0.2) is 0 Å². The molecule has 3 rings (SSSR count). The van der Waals surface area contributed by atoms with Crippen molar-refractivity contribution in [2.45, 2.75) is 20.0 Å². The highest BCUT2D eigenvalue weighted by molar-refractivity contribution is 7.21. The molecule has 0 fully saturated rings. The predicted octanol–water partition coefficient (Wildman–Crippen LogP) is 6.46. The van der Waals surface area contributed by atoms with Crippen LogP contribution in [0.2, 0.25) is 5.02 Å². The second-order valence-electron chi connectivity index (χ2n) is 5.83. The molecule has 0 aliphatic rings. The first-order valence-corrected chi connectivity index (χ1v) is 8.98. The van der Waals surface area contributed by atoms with Crippen molar-refractivity contribution in [2.75, 3.05) is 0 Å². The lowest BCUT2D eigenvalue weighted by atomic mass is 10.1. The maximum absolute atomic E-state index is 12.6. The molecule has 0 saturated heterocycles. The zero-order valence-corrected chi connectivity index (χ0v) is 15.8. The Kier molecular flexibility index (Phi) is 5.26. The van der Waals surface area contributed by atoms with Crippen molar-refractivity contribution in [2.24, 2.45) is 5.16 Å². The molecule has 0 N–H and O–H groups in total. The lowest BCUT2D eigenvalue weighted by Crippen LogP contribution is -2.07. The van der Waals surface area contributed by atoms with Gasteiger partial charge in [0.05, 0.1) is 21.7 Å². The van der Waals surface area contributed by atoms with Gasteiger partial charge in [-0.3, -0.25) is 0 Å². The lowest BCUT2D eigenvalue weighted by Gasteiger charge is -2.06. The number of aryl methyl sites for hydroxylation is 1. The van der Waals surface area contributed by atoms with Crippen LogP contribution < -0.4 is 0 Å². The van der Waals surface area contributed by atoms with E-state index in [1.165, 1.54) is 11.3 Å². The molecule has 0 bridgehead atoms. The normalized spacial score (nSPS) is 12.4. The van der Waals surface area contributed by atoms with Gasteiger partial charge in [0.25, 0.3) is 0 Å². The zero-order valence-electron chi connectivity index (χ0n) is 14.2. The van der Waals surface area contributed by atoms with Gasteiger partial charge >= 0.3 is 12.1 Å². The van der Waals surface area contributed by atoms with Gasteiger partial charge in [-0.15, -0.1) is 11.3 Å². The molecule has 0 atom stereocenters. The highest BCUT2D eigenvalue weighted by Crippen LogP contribution is 2.33. The summed E-state index contributed by atoms with van der Waals surface area (Å²) in [7, 11) is 0. The van der Waals surface area contributed by atoms with E-state index in [0.29, 0.717) is 10.7 Å². The molecular formula is C19H13ClF3NO2S. The summed E-state index contributed by atoms with van der Waals surface area (Å²) in [6.45, 7) is 3.61. The van der Waals surface area contributed by atoms with Crippen molar-refractivity contribution in [3.05, 3.63) is 69.1 Å². The molecule has 1 aromatic heterocycles. The first kappa shape index (κ1) is 19.4. The van der Waals surface area contributed by atoms with Crippen molar-refractivity contribution >= 4 is 44.7 Å². The summed E-state index contributed by atoms with van der Waals surface area (Å²) < 4.78 is 38.7. The maximum Gasteiger partial charge on any atom is 0.416 e. The van der Waals surface area contributed by atoms with Crippen LogP contribution in [0.15, 0.2) is 47.6 Å². The van der Waals surface area contributed by atoms with E-state index >= 15 is 0 Å². The highest BCUT2D eigenvalue weighted by atomic mass is 35.5. The molecule has 0 unspecified atom stereocenters. The third-order valence-electron chi connectivity index (χ3n) is 3.94. The van der Waals surface area contributed by atoms with Crippen molar-refractivity contribution in [1.82, 2.24) is 0 Å². The number of fused-ring (bicyclic) bond motifs is 1. The van der Waals surface area contributed by atoms with Gasteiger partial charge in [-0.1, -0.05) is 16.8 Å². The Morgan fingerprint density at radius 1 is 1.15 bits per heavy atom. The summed E-state index contributed by atoms with van der Waals surface area (Å²) in [5.41, 5.74) is 0.604. The standard InChI is InChI=1S/C19H13ClF3NO2S/c1-10-15-9-14(20)7-8-16(15)27-17(10)11(2)24-26-18(25)12-3-5-13(6-4-12)19(21,22)23/h3-9H,1-2H3. The molecule has 0 aliphatic heterocycles. The number of thiophene rings is 1. The molecule has 2 aromatic carbocycles. The fourth-order valence-electron chi connectivity index (χ4n) is 2.54. The minimum Gasteiger partial charge on any atom is -0.313 e. The third-order valence-corrected chi connectivity index (χ3v) is 5.56. The fourth-order valence-corrected chi connectivity index (χ4v) is 3.84. The van der Waals surface area contributed by atoms with E-state index in [9.17, 15) is 18.0 Å². The van der Waals surface area contributed by atoms with Crippen LogP contribution in [0.4, 0.5) is 13.2 Å². The quantitative estimate of drug-likeness (QED) is 0.281. The first-order valence-electron chi connectivity index (χ1n) is 7.79. The van der Waals surface area contributed by atoms with E-state index < -0.39 is 17.7 Å². The van der Waals surface area contributed by atoms with Crippen molar-refractivity contribution in [3.8, 4) is 0 Å². The number of hydrogen-bond donors (Lipinski definition) is 0. The van der Waals surface area contributed by atoms with E-state index in [1.807, 2.05) is 19.1 Å². The summed E-state index contributed by atoms with van der Waals surface area (Å²) in [5, 5.41) is 5.46. The van der Waals surface area contributed by atoms with Crippen LogP contribution in [-0.4, -0.2) is 11.7 Å². The molecule has 0 amide bonds. The molecule has 0 radical (unpaired) electrons. The lowest BCUT2D eigenvalue weighted by molar-refractivity contribution is -0.137. The number of oxime groups is 1. The molecule has 1 heterocycles. The topological polar surface area (TPSA) is 38.7 Å². The van der Waals surface area contributed by atoms with Crippen LogP contribution in [0.3, 0.4) is 0 Å². The summed E-state index contributed by atoms with van der Waals surface area (Å²) in [6, 6.07) is 9.32. The minimum atomic E-state index is -4.46. The van der Waals surface area contributed by atoms with Gasteiger partial charge in [0.1, 0.15) is 0 Å². The number of benzene rings is 2. The SMILES string of the molecule is CC(=NOC(=O)c1ccc(C(F)(F)F)cc1)c1sc2ccc(Cl)cc2c1C. The van der Waals surface area contributed by atoms with Gasteiger partial charge in [-0.05, 0) is 67.3 Å². The number of halogens is 4. The summed E-state index contributed by atoms with van der Waals surface area (Å²) in [6.07, 6.45) is -4.46. The molecular weight excluding hydrogens is 399 g/mol. The van der Waals surface area contributed by atoms with E-state index in [-0.39, 0.29) is 5.56 Å². The Morgan fingerprint density at radius 2 is 1.81 bits per heavy atom. The average Bonchev–Trinajstić information content (AvgIpc) is 2.95. The first-order chi connectivity index (χ1) is 12.7. The number of hydrogen-bond acceptors (Lipinski definition) is 4. The summed E-state index contributed by atoms with van der Waals surface area (Å²) >= 11 is 7.51. The van der Waals surface area contributed by atoms with Gasteiger partial charge < -0.3 is 4.84 Å². The Hall–Kier alpha value is -2.38. The number of carbonyl (C=O) groups excluding carboxylic acids is 1. The molecule has 0 aliphatic carbocycles. The molecule has 8 heteroatoms. The monoisotopic (exact) mass is 411 g/mol. The summed E-state index contributed by atoms with van der Waals surface area (Å²) in [4.78, 5) is 17.8. The second kappa shape index (κ2) is 7.32. The predicted molar refractivity (Wildman–Crippen MR) is 101 cm³/mol. The van der Waals surface area contributed by atoms with Crippen LogP contribution in [-0.2, 0) is 11.0 Å². The minimum absolute atomic E-state index is 0.0144. The Morgan fingerprint density at radius 3 is 2.44 bits per heavy atom. The molecule has 27 heavy (non-hydrogen) atoms. The second-order valence-corrected chi connectivity index (χ2v) is 7.32. The number of alkyl halides is 3. The van der Waals surface area contributed by atoms with Crippen LogP contribution in [0.25, 0.3) is 10.1 Å². The maximum atomic E-state index is 12.6. The van der Waals surface area contributed by atoms with E-state index in [2.05, 4.69) is 5.16 Å². The van der Waals surface area contributed by atoms with Gasteiger partial charge in [0.2, 0.25) is 0 Å². The van der Waals surface area contributed by atoms with Crippen molar-refractivity contribution < 1.29 is 22.8 Å². The van der Waals surface area contributed by atoms with E-state index in [1.54, 1.807) is 13.0 Å². The summed E-state index contributed by atoms with van der Waals surface area (Å²) in [5.74, 6) is -0.829.